The first kappa shape index (κ1) is 22.4. The molecule has 29 heavy (non-hydrogen) atoms. The highest BCUT2D eigenvalue weighted by Crippen LogP contribution is 2.12. The quantitative estimate of drug-likeness (QED) is 0.558. The Bertz CT molecular complexity index is 737. The van der Waals surface area contributed by atoms with Gasteiger partial charge in [0.05, 0.1) is 0 Å². The van der Waals surface area contributed by atoms with Gasteiger partial charge in [-0.3, -0.25) is 9.59 Å². The Balaban J connectivity index is 1.99. The molecular weight excluding hydrogens is 368 g/mol. The van der Waals surface area contributed by atoms with E-state index in [2.05, 4.69) is 5.32 Å². The number of amides is 2. The SMILES string of the molecule is CCOCCCNC(=O)C(C)N(Cc1ccccc1)C(=O)COc1ccccc1. The summed E-state index contributed by atoms with van der Waals surface area (Å²) in [6, 6.07) is 18.2. The molecule has 6 heteroatoms. The van der Waals surface area contributed by atoms with Crippen molar-refractivity contribution in [1.29, 1.82) is 0 Å². The number of ether oxygens (including phenoxy) is 2. The minimum atomic E-state index is -0.617. The van der Waals surface area contributed by atoms with Crippen molar-refractivity contribution in [3.05, 3.63) is 66.2 Å². The minimum Gasteiger partial charge on any atom is -0.484 e. The summed E-state index contributed by atoms with van der Waals surface area (Å²) in [4.78, 5) is 27.0. The lowest BCUT2D eigenvalue weighted by atomic mass is 10.1. The summed E-state index contributed by atoms with van der Waals surface area (Å²) in [5.41, 5.74) is 0.955. The number of carbonyl (C=O) groups is 2. The van der Waals surface area contributed by atoms with Crippen molar-refractivity contribution in [2.75, 3.05) is 26.4 Å². The van der Waals surface area contributed by atoms with Gasteiger partial charge in [-0.2, -0.15) is 0 Å². The highest BCUT2D eigenvalue weighted by atomic mass is 16.5. The normalized spacial score (nSPS) is 11.5. The third kappa shape index (κ3) is 7.95. The summed E-state index contributed by atoms with van der Waals surface area (Å²) in [5, 5.41) is 2.88. The maximum Gasteiger partial charge on any atom is 0.261 e. The fourth-order valence-electron chi connectivity index (χ4n) is 2.79. The second-order valence-electron chi connectivity index (χ2n) is 6.63. The van der Waals surface area contributed by atoms with Gasteiger partial charge in [0, 0.05) is 26.3 Å². The highest BCUT2D eigenvalue weighted by Gasteiger charge is 2.26. The van der Waals surface area contributed by atoms with Gasteiger partial charge in [0.1, 0.15) is 11.8 Å². The van der Waals surface area contributed by atoms with Crippen LogP contribution in [0.4, 0.5) is 0 Å². The summed E-state index contributed by atoms with van der Waals surface area (Å²) >= 11 is 0. The van der Waals surface area contributed by atoms with Crippen molar-refractivity contribution in [2.24, 2.45) is 0 Å². The van der Waals surface area contributed by atoms with E-state index in [1.165, 1.54) is 0 Å². The molecule has 0 saturated carbocycles. The number of nitrogens with one attached hydrogen (secondary N) is 1. The lowest BCUT2D eigenvalue weighted by Crippen LogP contribution is -2.49. The molecule has 0 aliphatic heterocycles. The van der Waals surface area contributed by atoms with Crippen LogP contribution in [0.2, 0.25) is 0 Å². The minimum absolute atomic E-state index is 0.126. The standard InChI is InChI=1S/C23H30N2O4/c1-3-28-16-10-15-24-23(27)19(2)25(17-20-11-6-4-7-12-20)22(26)18-29-21-13-8-5-9-14-21/h4-9,11-14,19H,3,10,15-18H2,1-2H3,(H,24,27). The van der Waals surface area contributed by atoms with E-state index < -0.39 is 6.04 Å². The molecule has 2 aromatic rings. The molecule has 0 aliphatic rings. The topological polar surface area (TPSA) is 67.9 Å². The molecule has 0 heterocycles. The fourth-order valence-corrected chi connectivity index (χ4v) is 2.79. The number of rotatable bonds is 12. The Morgan fingerprint density at radius 1 is 1.03 bits per heavy atom. The average molecular weight is 399 g/mol. The molecule has 1 atom stereocenters. The molecular formula is C23H30N2O4. The summed E-state index contributed by atoms with van der Waals surface area (Å²) in [6.45, 7) is 5.65. The first-order valence-corrected chi connectivity index (χ1v) is 9.98. The van der Waals surface area contributed by atoms with Crippen LogP contribution in [0.5, 0.6) is 5.75 Å². The molecule has 1 N–H and O–H groups in total. The fraction of sp³-hybridized carbons (Fsp3) is 0.391. The molecule has 156 valence electrons. The first-order valence-electron chi connectivity index (χ1n) is 9.98. The van der Waals surface area contributed by atoms with E-state index in [0.717, 1.165) is 12.0 Å². The van der Waals surface area contributed by atoms with Crippen molar-refractivity contribution < 1.29 is 19.1 Å². The molecule has 0 bridgehead atoms. The molecule has 0 saturated heterocycles. The van der Waals surface area contributed by atoms with E-state index >= 15 is 0 Å². The molecule has 2 aromatic carbocycles. The molecule has 0 spiro atoms. The summed E-state index contributed by atoms with van der Waals surface area (Å²) in [5.74, 6) is 0.189. The smallest absolute Gasteiger partial charge is 0.261 e. The second kappa shape index (κ2) is 12.6. The Hall–Kier alpha value is -2.86. The van der Waals surface area contributed by atoms with Crippen LogP contribution in [0.25, 0.3) is 0 Å². The Labute approximate surface area is 172 Å². The van der Waals surface area contributed by atoms with Gasteiger partial charge in [0.2, 0.25) is 5.91 Å². The number of para-hydroxylation sites is 1. The third-order valence-electron chi connectivity index (χ3n) is 4.44. The van der Waals surface area contributed by atoms with Crippen molar-refractivity contribution >= 4 is 11.8 Å². The Kier molecular flexibility index (Phi) is 9.72. The largest absolute Gasteiger partial charge is 0.484 e. The summed E-state index contributed by atoms with van der Waals surface area (Å²) in [7, 11) is 0. The summed E-state index contributed by atoms with van der Waals surface area (Å²) < 4.78 is 10.9. The molecule has 2 amide bonds. The van der Waals surface area contributed by atoms with Crippen LogP contribution >= 0.6 is 0 Å². The van der Waals surface area contributed by atoms with Crippen molar-refractivity contribution in [2.45, 2.75) is 32.9 Å². The van der Waals surface area contributed by atoms with Crippen LogP contribution in [0.15, 0.2) is 60.7 Å². The van der Waals surface area contributed by atoms with Gasteiger partial charge >= 0.3 is 0 Å². The van der Waals surface area contributed by atoms with Crippen LogP contribution in [-0.4, -0.2) is 49.1 Å². The predicted octanol–water partition coefficient (Wildman–Crippen LogP) is 3.03. The lowest BCUT2D eigenvalue weighted by molar-refractivity contribution is -0.142. The van der Waals surface area contributed by atoms with Crippen molar-refractivity contribution in [3.63, 3.8) is 0 Å². The maximum atomic E-state index is 12.9. The van der Waals surface area contributed by atoms with Gasteiger partial charge in [-0.25, -0.2) is 0 Å². The molecule has 0 fully saturated rings. The zero-order valence-electron chi connectivity index (χ0n) is 17.2. The molecule has 2 rings (SSSR count). The van der Waals surface area contributed by atoms with Crippen molar-refractivity contribution in [3.8, 4) is 5.75 Å². The van der Waals surface area contributed by atoms with Gasteiger partial charge < -0.3 is 19.7 Å². The van der Waals surface area contributed by atoms with Crippen LogP contribution in [0, 0.1) is 0 Å². The van der Waals surface area contributed by atoms with Gasteiger partial charge in [0.15, 0.2) is 6.61 Å². The predicted molar refractivity (Wildman–Crippen MR) is 113 cm³/mol. The van der Waals surface area contributed by atoms with E-state index in [0.29, 0.717) is 32.1 Å². The Morgan fingerprint density at radius 3 is 2.34 bits per heavy atom. The molecule has 0 radical (unpaired) electrons. The van der Waals surface area contributed by atoms with Crippen LogP contribution < -0.4 is 10.1 Å². The number of nitrogens with zero attached hydrogens (tertiary/aromatic N) is 1. The van der Waals surface area contributed by atoms with Gasteiger partial charge in [-0.05, 0) is 38.0 Å². The average Bonchev–Trinajstić information content (AvgIpc) is 2.76. The van der Waals surface area contributed by atoms with E-state index in [-0.39, 0.29) is 18.4 Å². The molecule has 0 aromatic heterocycles. The van der Waals surface area contributed by atoms with E-state index in [9.17, 15) is 9.59 Å². The lowest BCUT2D eigenvalue weighted by Gasteiger charge is -2.28. The van der Waals surface area contributed by atoms with Crippen LogP contribution in [0.3, 0.4) is 0 Å². The zero-order chi connectivity index (χ0) is 20.9. The van der Waals surface area contributed by atoms with E-state index in [1.54, 1.807) is 24.0 Å². The zero-order valence-corrected chi connectivity index (χ0v) is 17.2. The Morgan fingerprint density at radius 2 is 1.69 bits per heavy atom. The van der Waals surface area contributed by atoms with Gasteiger partial charge in [-0.1, -0.05) is 48.5 Å². The summed E-state index contributed by atoms with van der Waals surface area (Å²) in [6.07, 6.45) is 0.732. The molecule has 6 nitrogen and oxygen atoms in total. The highest BCUT2D eigenvalue weighted by molar-refractivity contribution is 5.87. The third-order valence-corrected chi connectivity index (χ3v) is 4.44. The first-order chi connectivity index (χ1) is 14.1. The number of carbonyl (C=O) groups excluding carboxylic acids is 2. The number of hydrogen-bond acceptors (Lipinski definition) is 4. The van der Waals surface area contributed by atoms with E-state index in [4.69, 9.17) is 9.47 Å². The van der Waals surface area contributed by atoms with Gasteiger partial charge in [0.25, 0.3) is 5.91 Å². The van der Waals surface area contributed by atoms with Crippen molar-refractivity contribution in [1.82, 2.24) is 10.2 Å². The maximum absolute atomic E-state index is 12.9. The molecule has 0 aliphatic carbocycles. The van der Waals surface area contributed by atoms with Crippen LogP contribution in [-0.2, 0) is 20.9 Å². The number of benzene rings is 2. The number of hydrogen-bond donors (Lipinski definition) is 1. The second-order valence-corrected chi connectivity index (χ2v) is 6.63. The molecule has 1 unspecified atom stereocenters. The van der Waals surface area contributed by atoms with E-state index in [1.807, 2.05) is 55.5 Å². The van der Waals surface area contributed by atoms with Gasteiger partial charge in [-0.15, -0.1) is 0 Å². The van der Waals surface area contributed by atoms with Crippen LogP contribution in [0.1, 0.15) is 25.8 Å². The monoisotopic (exact) mass is 398 g/mol.